The Morgan fingerprint density at radius 1 is 1.30 bits per heavy atom. The van der Waals surface area contributed by atoms with Gasteiger partial charge in [0.25, 0.3) is 0 Å². The standard InChI is InChI=1S/C14H22N2O4/c15-14(19)10-7-20-8-11(17)13(10)16-12(18)6-5-9-3-1-2-4-9/h9-10,13H,1-8H2,(H2,15,19)(H,16,18)/t10?,13-/m0/s1. The molecule has 0 aromatic rings. The lowest BCUT2D eigenvalue weighted by Crippen LogP contribution is -2.55. The van der Waals surface area contributed by atoms with Gasteiger partial charge in [-0.25, -0.2) is 0 Å². The van der Waals surface area contributed by atoms with Gasteiger partial charge in [-0.15, -0.1) is 0 Å². The van der Waals surface area contributed by atoms with Crippen molar-refractivity contribution in [2.24, 2.45) is 17.6 Å². The van der Waals surface area contributed by atoms with Crippen LogP contribution in [-0.2, 0) is 19.1 Å². The number of hydrogen-bond donors (Lipinski definition) is 2. The lowest BCUT2D eigenvalue weighted by atomic mass is 9.93. The Kier molecular flexibility index (Phi) is 5.11. The minimum absolute atomic E-state index is 0.0721. The maximum atomic E-state index is 11.9. The van der Waals surface area contributed by atoms with Crippen molar-refractivity contribution in [2.75, 3.05) is 13.2 Å². The molecule has 1 saturated heterocycles. The van der Waals surface area contributed by atoms with Crippen LogP contribution in [-0.4, -0.2) is 36.9 Å². The molecule has 2 amide bonds. The zero-order valence-electron chi connectivity index (χ0n) is 11.6. The second-order valence-electron chi connectivity index (χ2n) is 5.72. The zero-order valence-corrected chi connectivity index (χ0v) is 11.6. The van der Waals surface area contributed by atoms with Crippen LogP contribution in [0.5, 0.6) is 0 Å². The van der Waals surface area contributed by atoms with Crippen LogP contribution in [0.25, 0.3) is 0 Å². The van der Waals surface area contributed by atoms with E-state index >= 15 is 0 Å². The van der Waals surface area contributed by atoms with Crippen LogP contribution >= 0.6 is 0 Å². The summed E-state index contributed by atoms with van der Waals surface area (Å²) in [7, 11) is 0. The quantitative estimate of drug-likeness (QED) is 0.749. The lowest BCUT2D eigenvalue weighted by Gasteiger charge is -2.28. The predicted octanol–water partition coefficient (Wildman–Crippen LogP) is 0.142. The normalized spacial score (nSPS) is 27.5. The van der Waals surface area contributed by atoms with Crippen molar-refractivity contribution < 1.29 is 19.1 Å². The van der Waals surface area contributed by atoms with E-state index in [4.69, 9.17) is 10.5 Å². The average Bonchev–Trinajstić information content (AvgIpc) is 2.91. The van der Waals surface area contributed by atoms with E-state index in [-0.39, 0.29) is 24.9 Å². The molecule has 0 spiro atoms. The number of ketones is 1. The number of carbonyl (C=O) groups is 3. The Morgan fingerprint density at radius 2 is 2.00 bits per heavy atom. The summed E-state index contributed by atoms with van der Waals surface area (Å²) in [6, 6.07) is -0.822. The van der Waals surface area contributed by atoms with Crippen LogP contribution < -0.4 is 11.1 Å². The molecule has 0 radical (unpaired) electrons. The zero-order chi connectivity index (χ0) is 14.5. The first-order chi connectivity index (χ1) is 9.58. The molecule has 0 aromatic heterocycles. The van der Waals surface area contributed by atoms with E-state index in [1.54, 1.807) is 0 Å². The number of primary amides is 1. The van der Waals surface area contributed by atoms with Crippen LogP contribution in [0, 0.1) is 11.8 Å². The van der Waals surface area contributed by atoms with Gasteiger partial charge in [0.15, 0.2) is 5.78 Å². The Labute approximate surface area is 118 Å². The topological polar surface area (TPSA) is 98.5 Å². The van der Waals surface area contributed by atoms with Crippen molar-refractivity contribution in [3.05, 3.63) is 0 Å². The SMILES string of the molecule is NC(=O)C1COCC(=O)[C@H]1NC(=O)CCC1CCCC1. The van der Waals surface area contributed by atoms with Gasteiger partial charge in [-0.05, 0) is 12.3 Å². The highest BCUT2D eigenvalue weighted by Gasteiger charge is 2.37. The summed E-state index contributed by atoms with van der Waals surface area (Å²) in [6.07, 6.45) is 6.12. The Hall–Kier alpha value is -1.43. The molecule has 6 nitrogen and oxygen atoms in total. The first kappa shape index (κ1) is 15.0. The molecule has 2 rings (SSSR count). The van der Waals surface area contributed by atoms with Gasteiger partial charge in [-0.2, -0.15) is 0 Å². The van der Waals surface area contributed by atoms with Crippen LogP contribution in [0.3, 0.4) is 0 Å². The van der Waals surface area contributed by atoms with Gasteiger partial charge in [-0.1, -0.05) is 25.7 Å². The molecular weight excluding hydrogens is 260 g/mol. The van der Waals surface area contributed by atoms with Crippen molar-refractivity contribution >= 4 is 17.6 Å². The fraction of sp³-hybridized carbons (Fsp3) is 0.786. The van der Waals surface area contributed by atoms with Crippen LogP contribution in [0.4, 0.5) is 0 Å². The molecule has 2 atom stereocenters. The highest BCUT2D eigenvalue weighted by Crippen LogP contribution is 2.28. The van der Waals surface area contributed by atoms with Gasteiger partial charge in [-0.3, -0.25) is 14.4 Å². The van der Waals surface area contributed by atoms with E-state index in [9.17, 15) is 14.4 Å². The highest BCUT2D eigenvalue weighted by molar-refractivity contribution is 5.95. The van der Waals surface area contributed by atoms with Crippen LogP contribution in [0.15, 0.2) is 0 Å². The van der Waals surface area contributed by atoms with Crippen molar-refractivity contribution in [1.29, 1.82) is 0 Å². The molecule has 0 bridgehead atoms. The number of nitrogens with one attached hydrogen (secondary N) is 1. The van der Waals surface area contributed by atoms with E-state index in [0.29, 0.717) is 12.3 Å². The third-order valence-electron chi connectivity index (χ3n) is 4.23. The molecule has 2 fully saturated rings. The van der Waals surface area contributed by atoms with E-state index in [0.717, 1.165) is 6.42 Å². The molecule has 3 N–H and O–H groups in total. The molecule has 1 unspecified atom stereocenters. The Bertz CT molecular complexity index is 391. The lowest BCUT2D eigenvalue weighted by molar-refractivity contribution is -0.143. The average molecular weight is 282 g/mol. The van der Waals surface area contributed by atoms with Gasteiger partial charge in [0.2, 0.25) is 11.8 Å². The van der Waals surface area contributed by atoms with Crippen molar-refractivity contribution in [3.63, 3.8) is 0 Å². The maximum absolute atomic E-state index is 11.9. The van der Waals surface area contributed by atoms with Gasteiger partial charge < -0.3 is 15.8 Å². The van der Waals surface area contributed by atoms with Crippen LogP contribution in [0.1, 0.15) is 38.5 Å². The fourth-order valence-electron chi connectivity index (χ4n) is 3.00. The third-order valence-corrected chi connectivity index (χ3v) is 4.23. The third kappa shape index (κ3) is 3.79. The van der Waals surface area contributed by atoms with E-state index in [2.05, 4.69) is 5.32 Å². The molecule has 20 heavy (non-hydrogen) atoms. The number of Topliss-reactive ketones (excluding diaryl/α,β-unsaturated/α-hetero) is 1. The van der Waals surface area contributed by atoms with E-state index < -0.39 is 17.9 Å². The summed E-state index contributed by atoms with van der Waals surface area (Å²) in [5, 5.41) is 2.65. The molecular formula is C14H22N2O4. The first-order valence-electron chi connectivity index (χ1n) is 7.27. The maximum Gasteiger partial charge on any atom is 0.225 e. The minimum Gasteiger partial charge on any atom is -0.373 e. The van der Waals surface area contributed by atoms with Crippen molar-refractivity contribution in [2.45, 2.75) is 44.6 Å². The number of amides is 2. The molecule has 6 heteroatoms. The number of carbonyl (C=O) groups excluding carboxylic acids is 3. The molecule has 1 aliphatic carbocycles. The largest absolute Gasteiger partial charge is 0.373 e. The molecule has 2 aliphatic rings. The van der Waals surface area contributed by atoms with Gasteiger partial charge in [0.05, 0.1) is 12.5 Å². The number of nitrogens with two attached hydrogens (primary N) is 1. The monoisotopic (exact) mass is 282 g/mol. The van der Waals surface area contributed by atoms with Crippen LogP contribution in [0.2, 0.25) is 0 Å². The number of ether oxygens (including phenoxy) is 1. The van der Waals surface area contributed by atoms with Gasteiger partial charge in [0.1, 0.15) is 12.6 Å². The summed E-state index contributed by atoms with van der Waals surface area (Å²) in [6.45, 7) is 0.0198. The Morgan fingerprint density at radius 3 is 2.65 bits per heavy atom. The molecule has 1 aliphatic heterocycles. The minimum atomic E-state index is -0.822. The Balaban J connectivity index is 1.83. The van der Waals surface area contributed by atoms with E-state index in [1.165, 1.54) is 25.7 Å². The molecule has 1 saturated carbocycles. The van der Waals surface area contributed by atoms with Crippen molar-refractivity contribution in [1.82, 2.24) is 5.32 Å². The first-order valence-corrected chi connectivity index (χ1v) is 7.27. The number of hydrogen-bond acceptors (Lipinski definition) is 4. The highest BCUT2D eigenvalue weighted by atomic mass is 16.5. The number of rotatable bonds is 5. The molecule has 0 aromatic carbocycles. The summed E-state index contributed by atoms with van der Waals surface area (Å²) in [5.41, 5.74) is 5.25. The summed E-state index contributed by atoms with van der Waals surface area (Å²) in [4.78, 5) is 35.0. The van der Waals surface area contributed by atoms with Crippen molar-refractivity contribution in [3.8, 4) is 0 Å². The predicted molar refractivity (Wildman–Crippen MR) is 71.6 cm³/mol. The summed E-state index contributed by atoms with van der Waals surface area (Å²) in [5.74, 6) is -1.21. The molecule has 1 heterocycles. The fourth-order valence-corrected chi connectivity index (χ4v) is 3.00. The summed E-state index contributed by atoms with van der Waals surface area (Å²) >= 11 is 0. The van der Waals surface area contributed by atoms with E-state index in [1.807, 2.05) is 0 Å². The van der Waals surface area contributed by atoms with Gasteiger partial charge in [0, 0.05) is 6.42 Å². The second kappa shape index (κ2) is 6.83. The van der Waals surface area contributed by atoms with Gasteiger partial charge >= 0.3 is 0 Å². The summed E-state index contributed by atoms with van der Waals surface area (Å²) < 4.78 is 5.01. The smallest absolute Gasteiger partial charge is 0.225 e. The molecule has 112 valence electrons. The second-order valence-corrected chi connectivity index (χ2v) is 5.72.